The summed E-state index contributed by atoms with van der Waals surface area (Å²) < 4.78 is 0. The number of hydrogen-bond donors (Lipinski definition) is 3. The third kappa shape index (κ3) is 3.61. The summed E-state index contributed by atoms with van der Waals surface area (Å²) in [5.74, 6) is -0.449. The highest BCUT2D eigenvalue weighted by Gasteiger charge is 2.39. The van der Waals surface area contributed by atoms with Gasteiger partial charge in [-0.3, -0.25) is 14.5 Å². The van der Waals surface area contributed by atoms with Crippen molar-refractivity contribution >= 4 is 36.1 Å². The predicted molar refractivity (Wildman–Crippen MR) is 71.3 cm³/mol. The zero-order valence-electron chi connectivity index (χ0n) is 9.92. The summed E-state index contributed by atoms with van der Waals surface area (Å²) in [6, 6.07) is -1.14. The van der Waals surface area contributed by atoms with Crippen LogP contribution < -0.4 is 5.73 Å². The molecule has 0 radical (unpaired) electrons. The number of carbonyl (C=O) groups is 2. The molecule has 17 heavy (non-hydrogen) atoms. The summed E-state index contributed by atoms with van der Waals surface area (Å²) in [4.78, 5) is 24.3. The summed E-state index contributed by atoms with van der Waals surface area (Å²) in [6.45, 7) is 4.83. The van der Waals surface area contributed by atoms with Gasteiger partial charge in [0.1, 0.15) is 11.4 Å². The summed E-state index contributed by atoms with van der Waals surface area (Å²) in [5.41, 5.74) is 5.34. The topological polar surface area (TPSA) is 83.6 Å². The first kappa shape index (κ1) is 14.8. The van der Waals surface area contributed by atoms with Gasteiger partial charge in [-0.25, -0.2) is 0 Å². The van der Waals surface area contributed by atoms with Gasteiger partial charge in [0.2, 0.25) is 0 Å². The van der Waals surface area contributed by atoms with Crippen molar-refractivity contribution in [3.8, 4) is 0 Å². The van der Waals surface area contributed by atoms with Gasteiger partial charge >= 0.3 is 5.97 Å². The van der Waals surface area contributed by atoms with E-state index in [0.717, 1.165) is 12.3 Å². The van der Waals surface area contributed by atoms with E-state index in [1.54, 1.807) is 11.8 Å². The lowest BCUT2D eigenvalue weighted by Crippen LogP contribution is -2.47. The molecular formula is C10H18N2O3S2. The number of nitrogens with zero attached hydrogens (tertiary/aromatic N) is 1. The van der Waals surface area contributed by atoms with Gasteiger partial charge in [-0.05, 0) is 13.8 Å². The van der Waals surface area contributed by atoms with Gasteiger partial charge in [-0.2, -0.15) is 12.6 Å². The molecule has 1 saturated heterocycles. The van der Waals surface area contributed by atoms with Crippen LogP contribution in [0.5, 0.6) is 0 Å². The number of aliphatic carboxylic acids is 1. The van der Waals surface area contributed by atoms with Crippen molar-refractivity contribution in [1.82, 2.24) is 4.90 Å². The van der Waals surface area contributed by atoms with E-state index in [9.17, 15) is 9.59 Å². The van der Waals surface area contributed by atoms with E-state index in [-0.39, 0.29) is 17.1 Å². The van der Waals surface area contributed by atoms with Crippen LogP contribution in [0.25, 0.3) is 0 Å². The van der Waals surface area contributed by atoms with Crippen LogP contribution in [0.4, 0.5) is 0 Å². The molecule has 1 rings (SSSR count). The van der Waals surface area contributed by atoms with Crippen molar-refractivity contribution in [1.29, 1.82) is 0 Å². The van der Waals surface area contributed by atoms with Gasteiger partial charge in [-0.15, -0.1) is 11.8 Å². The Morgan fingerprint density at radius 3 is 2.59 bits per heavy atom. The van der Waals surface area contributed by atoms with Crippen molar-refractivity contribution in [3.63, 3.8) is 0 Å². The number of carbonyl (C=O) groups excluding carboxylic acids is 1. The van der Waals surface area contributed by atoms with E-state index in [1.807, 2.05) is 18.7 Å². The normalized spacial score (nSPS) is 23.3. The minimum absolute atomic E-state index is 0.143. The number of hydrogen-bond acceptors (Lipinski definition) is 6. The molecule has 0 aromatic heterocycles. The molecular weight excluding hydrogens is 260 g/mol. The van der Waals surface area contributed by atoms with Crippen LogP contribution in [0.15, 0.2) is 0 Å². The fraction of sp³-hybridized carbons (Fsp3) is 0.800. The Labute approximate surface area is 111 Å². The molecule has 2 unspecified atom stereocenters. The number of carboxylic acid groups (broad SMARTS) is 1. The second-order valence-electron chi connectivity index (χ2n) is 4.48. The van der Waals surface area contributed by atoms with Gasteiger partial charge in [0.25, 0.3) is 0 Å². The maximum absolute atomic E-state index is 11.9. The summed E-state index contributed by atoms with van der Waals surface area (Å²) in [5, 5.41) is 8.08. The molecule has 0 aromatic rings. The van der Waals surface area contributed by atoms with Gasteiger partial charge < -0.3 is 10.8 Å². The van der Waals surface area contributed by atoms with Gasteiger partial charge in [0, 0.05) is 18.7 Å². The number of carboxylic acids is 1. The monoisotopic (exact) mass is 278 g/mol. The standard InChI is InChI=1S/C10H18N2O3S2/c1-10(2)12(3-4-17-10)8(16)7(13)5-6(11)9(14)15/h6,8,16H,3-5,11H2,1-2H3,(H,14,15). The zero-order valence-corrected chi connectivity index (χ0v) is 11.6. The second-order valence-corrected chi connectivity index (χ2v) is 6.66. The number of thiol groups is 1. The number of rotatable bonds is 5. The van der Waals surface area contributed by atoms with Crippen LogP contribution in [0, 0.1) is 0 Å². The van der Waals surface area contributed by atoms with Crippen LogP contribution in [0.2, 0.25) is 0 Å². The largest absolute Gasteiger partial charge is 0.480 e. The molecule has 98 valence electrons. The van der Waals surface area contributed by atoms with Crippen LogP contribution >= 0.6 is 24.4 Å². The molecule has 1 aliphatic rings. The van der Waals surface area contributed by atoms with Crippen molar-refractivity contribution in [3.05, 3.63) is 0 Å². The molecule has 1 aliphatic heterocycles. The van der Waals surface area contributed by atoms with Crippen LogP contribution in [0.1, 0.15) is 20.3 Å². The Kier molecular flexibility index (Phi) is 4.88. The van der Waals surface area contributed by atoms with Crippen molar-refractivity contribution in [2.75, 3.05) is 12.3 Å². The first-order valence-corrected chi connectivity index (χ1v) is 6.86. The van der Waals surface area contributed by atoms with Crippen LogP contribution in [-0.4, -0.2) is 50.3 Å². The minimum Gasteiger partial charge on any atom is -0.480 e. The number of ketones is 1. The highest BCUT2D eigenvalue weighted by molar-refractivity contribution is 8.00. The van der Waals surface area contributed by atoms with Crippen LogP contribution in [0.3, 0.4) is 0 Å². The summed E-state index contributed by atoms with van der Waals surface area (Å²) >= 11 is 6.05. The third-order valence-electron chi connectivity index (χ3n) is 2.80. The average Bonchev–Trinajstić information content (AvgIpc) is 2.56. The smallest absolute Gasteiger partial charge is 0.320 e. The lowest BCUT2D eigenvalue weighted by atomic mass is 10.1. The van der Waals surface area contributed by atoms with E-state index < -0.39 is 17.4 Å². The molecule has 1 fully saturated rings. The molecule has 5 nitrogen and oxygen atoms in total. The number of thioether (sulfide) groups is 1. The maximum atomic E-state index is 11.9. The Hall–Kier alpha value is -0.240. The van der Waals surface area contributed by atoms with Gasteiger partial charge in [0.15, 0.2) is 5.78 Å². The van der Waals surface area contributed by atoms with E-state index in [1.165, 1.54) is 0 Å². The Balaban J connectivity index is 2.61. The van der Waals surface area contributed by atoms with E-state index in [4.69, 9.17) is 10.8 Å². The SMILES string of the molecule is CC1(C)SCCN1C(S)C(=O)CC(N)C(=O)O. The first-order chi connectivity index (χ1) is 7.75. The van der Waals surface area contributed by atoms with Crippen molar-refractivity contribution in [2.24, 2.45) is 5.73 Å². The molecule has 7 heteroatoms. The molecule has 0 aromatic carbocycles. The molecule has 0 amide bonds. The maximum Gasteiger partial charge on any atom is 0.320 e. The molecule has 0 spiro atoms. The summed E-state index contributed by atoms with van der Waals surface area (Å²) in [6.07, 6.45) is -0.180. The Bertz CT molecular complexity index is 323. The van der Waals surface area contributed by atoms with Gasteiger partial charge in [0.05, 0.1) is 4.87 Å². The number of nitrogens with two attached hydrogens (primary N) is 1. The highest BCUT2D eigenvalue weighted by Crippen LogP contribution is 2.37. The molecule has 1 heterocycles. The highest BCUT2D eigenvalue weighted by atomic mass is 32.2. The lowest BCUT2D eigenvalue weighted by molar-refractivity contribution is -0.140. The van der Waals surface area contributed by atoms with Crippen LogP contribution in [-0.2, 0) is 9.59 Å². The molecule has 0 saturated carbocycles. The predicted octanol–water partition coefficient (Wildman–Crippen LogP) is 0.398. The molecule has 0 bridgehead atoms. The van der Waals surface area contributed by atoms with Crippen molar-refractivity contribution in [2.45, 2.75) is 36.6 Å². The molecule has 0 aliphatic carbocycles. The zero-order chi connectivity index (χ0) is 13.2. The molecule has 2 atom stereocenters. The fourth-order valence-corrected chi connectivity index (χ4v) is 3.48. The van der Waals surface area contributed by atoms with E-state index >= 15 is 0 Å². The molecule has 3 N–H and O–H groups in total. The Morgan fingerprint density at radius 2 is 2.18 bits per heavy atom. The van der Waals surface area contributed by atoms with E-state index in [2.05, 4.69) is 12.6 Å². The Morgan fingerprint density at radius 1 is 1.59 bits per heavy atom. The second kappa shape index (κ2) is 5.60. The van der Waals surface area contributed by atoms with Gasteiger partial charge in [-0.1, -0.05) is 0 Å². The average molecular weight is 278 g/mol. The lowest BCUT2D eigenvalue weighted by Gasteiger charge is -2.34. The third-order valence-corrected chi connectivity index (χ3v) is 4.70. The number of Topliss-reactive ketones (excluding diaryl/α,β-unsaturated/α-hetero) is 1. The minimum atomic E-state index is -1.16. The van der Waals surface area contributed by atoms with Crippen molar-refractivity contribution < 1.29 is 14.7 Å². The van der Waals surface area contributed by atoms with E-state index in [0.29, 0.717) is 0 Å². The summed E-state index contributed by atoms with van der Waals surface area (Å²) in [7, 11) is 0. The fourth-order valence-electron chi connectivity index (χ4n) is 1.75. The first-order valence-electron chi connectivity index (χ1n) is 5.35. The quantitative estimate of drug-likeness (QED) is 0.631.